The van der Waals surface area contributed by atoms with Gasteiger partial charge in [-0.05, 0) is 224 Å². The first-order valence-corrected chi connectivity index (χ1v) is 38.9. The molecule has 0 spiro atoms. The molecule has 5 aromatic heterocycles. The first-order chi connectivity index (χ1) is 52.4. The molecule has 5 heterocycles. The zero-order valence-corrected chi connectivity index (χ0v) is 61.4. The molecule has 0 radical (unpaired) electrons. The highest BCUT2D eigenvalue weighted by Crippen LogP contribution is 2.50. The molecule has 5 N–H and O–H groups in total. The van der Waals surface area contributed by atoms with E-state index in [4.69, 9.17) is 23.3 Å². The summed E-state index contributed by atoms with van der Waals surface area (Å²) < 4.78 is 50.0. The van der Waals surface area contributed by atoms with Crippen molar-refractivity contribution >= 4 is 69.6 Å². The van der Waals surface area contributed by atoms with Crippen molar-refractivity contribution in [1.82, 2.24) is 54.3 Å². The van der Waals surface area contributed by atoms with E-state index in [2.05, 4.69) is 90.9 Å². The molecule has 4 amide bonds. The van der Waals surface area contributed by atoms with E-state index >= 15 is 0 Å². The topological polar surface area (TPSA) is 305 Å². The Balaban J connectivity index is 0.000000135. The van der Waals surface area contributed by atoms with Crippen LogP contribution < -0.4 is 40.6 Å². The van der Waals surface area contributed by atoms with Crippen LogP contribution in [0.3, 0.4) is 0 Å². The quantitative estimate of drug-likeness (QED) is 0.0315. The van der Waals surface area contributed by atoms with Crippen molar-refractivity contribution < 1.29 is 37.4 Å². The third-order valence-corrected chi connectivity index (χ3v) is 22.5. The zero-order chi connectivity index (χ0) is 73.8. The number of nitrogens with one attached hydrogen (secondary N) is 5. The zero-order valence-electron chi connectivity index (χ0n) is 60.5. The molecular weight excluding hydrogens is 1370 g/mol. The van der Waals surface area contributed by atoms with Crippen molar-refractivity contribution in [2.75, 3.05) is 48.8 Å². The first-order valence-electron chi connectivity index (χ1n) is 37.4. The smallest absolute Gasteiger partial charge is 0.432 e. The molecule has 5 aliphatic rings. The maximum atomic E-state index is 12.8. The number of urea groups is 2. The fourth-order valence-electron chi connectivity index (χ4n) is 14.3. The lowest BCUT2D eigenvalue weighted by Gasteiger charge is -2.30. The number of carbonyl (C=O) groups excluding carboxylic acids is 2. The summed E-state index contributed by atoms with van der Waals surface area (Å²) in [6.07, 6.45) is 21.7. The van der Waals surface area contributed by atoms with E-state index in [1.807, 2.05) is 139 Å². The van der Waals surface area contributed by atoms with E-state index in [9.17, 15) is 29.9 Å². The molecule has 25 nitrogen and oxygen atoms in total. The van der Waals surface area contributed by atoms with Crippen molar-refractivity contribution in [2.45, 2.75) is 160 Å². The number of rotatable bonds is 26. The maximum Gasteiger partial charge on any atom is 0.432 e. The molecule has 550 valence electrons. The summed E-state index contributed by atoms with van der Waals surface area (Å²) in [5.41, 5.74) is 12.7. The Morgan fingerprint density at radius 1 is 0.495 bits per heavy atom. The van der Waals surface area contributed by atoms with Gasteiger partial charge in [0.1, 0.15) is 48.7 Å². The van der Waals surface area contributed by atoms with Crippen LogP contribution >= 0.6 is 7.75 Å². The van der Waals surface area contributed by atoms with Gasteiger partial charge in [0.25, 0.3) is 0 Å². The summed E-state index contributed by atoms with van der Waals surface area (Å²) in [7, 11) is -3.42. The second-order valence-electron chi connectivity index (χ2n) is 27.5. The van der Waals surface area contributed by atoms with Crippen molar-refractivity contribution in [3.8, 4) is 69.2 Å². The van der Waals surface area contributed by atoms with Crippen LogP contribution in [-0.4, -0.2) is 101 Å². The number of benzene rings is 6. The molecule has 26 heteroatoms. The first kappa shape index (κ1) is 72.5. The third kappa shape index (κ3) is 16.2. The fraction of sp³-hybridized carbons (Fsp3) is 0.370. The van der Waals surface area contributed by atoms with Crippen molar-refractivity contribution in [3.63, 3.8) is 0 Å². The predicted molar refractivity (Wildman–Crippen MR) is 411 cm³/mol. The predicted octanol–water partition coefficient (Wildman–Crippen LogP) is 17.4. The van der Waals surface area contributed by atoms with Gasteiger partial charge in [0.05, 0.1) is 83.2 Å². The van der Waals surface area contributed by atoms with Gasteiger partial charge in [-0.25, -0.2) is 14.2 Å². The second kappa shape index (κ2) is 33.4. The Morgan fingerprint density at radius 2 is 0.935 bits per heavy atom. The SMILES string of the molecule is CCOc1ccc2c(c1)c(C#N)c(-c1ccc(NP(=O)(OCC)OCC)cc1)n2C1CCC1.N#Cc1c(-c2ccc(NC(=O)NC3CCC3)cc2)n(C2CCC2)c2cc(OCCn3cccn3)ccc12.N#Cc1c(-c2ccc(NC(=O)NC3CCC3)cc2)n(C2CCC2)c2cc(OCCn3ncnn3)ccc12. The number of anilines is 3. The third-order valence-electron chi connectivity index (χ3n) is 20.7. The molecule has 5 fully saturated rings. The Kier molecular flexibility index (Phi) is 22.6. The summed E-state index contributed by atoms with van der Waals surface area (Å²) in [4.78, 5) is 26.0. The number of ether oxygens (including phenoxy) is 3. The van der Waals surface area contributed by atoms with Gasteiger partial charge in [0.15, 0.2) is 6.33 Å². The molecule has 0 atom stereocenters. The standard InChI is InChI=1S/C29H30N6O2.C27H28N8O2.C25H30N3O4P/c30-19-26-25-13-12-24(37-17-16-34-15-3-14-31-34)18-27(25)35(23-6-2-7-23)28(26)20-8-10-22(11-9-20)33-29(36)32-21-4-1-5-21;28-16-24-23-12-11-22(37-14-13-34-30-17-29-33-34)15-25(23)35(21-5-2-6-21)26(24)18-7-9-20(10-8-18)32-27(36)31-19-3-1-4-19;1-4-30-21-14-15-24-22(16-21)23(17-26)25(28(24)20-8-7-9-20)18-10-12-19(13-11-18)27-33(29,31-5-2)32-6-3/h3,8-15,18,21,23H,1-2,4-7,16-17H2,(H2,32,33,36);7-12,15,17,19,21H,1-6,13-14H2,(H2,31,32,36);10-16,20H,4-9H2,1-3H3,(H,27,29). The highest BCUT2D eigenvalue weighted by molar-refractivity contribution is 7.55. The largest absolute Gasteiger partial charge is 0.494 e. The lowest BCUT2D eigenvalue weighted by Crippen LogP contribution is -2.41. The van der Waals surface area contributed by atoms with Gasteiger partial charge in [-0.15, -0.1) is 10.2 Å². The number of nitrogens with zero attached hydrogens (tertiary/aromatic N) is 12. The van der Waals surface area contributed by atoms with Crippen molar-refractivity contribution in [3.05, 3.63) is 169 Å². The van der Waals surface area contributed by atoms with Crippen molar-refractivity contribution in [1.29, 1.82) is 15.8 Å². The molecule has 0 aliphatic heterocycles. The van der Waals surface area contributed by atoms with Gasteiger partial charge in [-0.3, -0.25) is 18.8 Å². The molecule has 0 unspecified atom stereocenters. The minimum atomic E-state index is -3.42. The lowest BCUT2D eigenvalue weighted by atomic mass is 9.92. The van der Waals surface area contributed by atoms with Crippen LogP contribution in [0.2, 0.25) is 0 Å². The number of amides is 4. The van der Waals surface area contributed by atoms with E-state index in [1.54, 1.807) is 20.0 Å². The van der Waals surface area contributed by atoms with Gasteiger partial charge in [0, 0.05) is 88.0 Å². The Labute approximate surface area is 621 Å². The van der Waals surface area contributed by atoms with E-state index in [0.717, 1.165) is 159 Å². The van der Waals surface area contributed by atoms with Crippen LogP contribution in [0, 0.1) is 34.0 Å². The van der Waals surface area contributed by atoms with E-state index in [1.165, 1.54) is 43.2 Å². The number of fused-ring (bicyclic) bond motifs is 3. The summed E-state index contributed by atoms with van der Waals surface area (Å²) >= 11 is 0. The number of nitriles is 3. The average molecular weight is 1460 g/mol. The van der Waals surface area contributed by atoms with E-state index in [0.29, 0.717) is 73.4 Å². The molecule has 5 saturated carbocycles. The van der Waals surface area contributed by atoms with E-state index in [-0.39, 0.29) is 37.4 Å². The Morgan fingerprint density at radius 3 is 1.34 bits per heavy atom. The average Bonchev–Trinajstić information content (AvgIpc) is 1.60. The summed E-state index contributed by atoms with van der Waals surface area (Å²) in [5.74, 6) is 2.28. The van der Waals surface area contributed by atoms with Gasteiger partial charge < -0.3 is 49.2 Å². The van der Waals surface area contributed by atoms with Crippen LogP contribution in [0.1, 0.15) is 152 Å². The summed E-state index contributed by atoms with van der Waals surface area (Å²) in [6, 6.07) is 51.5. The number of hydrogen-bond donors (Lipinski definition) is 5. The monoisotopic (exact) mass is 1460 g/mol. The molecule has 0 bridgehead atoms. The molecule has 11 aromatic rings. The molecule has 16 rings (SSSR count). The van der Waals surface area contributed by atoms with Crippen LogP contribution in [-0.2, 0) is 26.7 Å². The van der Waals surface area contributed by atoms with Gasteiger partial charge in [-0.1, -0.05) is 36.4 Å². The molecule has 0 saturated heterocycles. The van der Waals surface area contributed by atoms with Crippen LogP contribution in [0.4, 0.5) is 26.7 Å². The number of tetrazole rings is 1. The molecule has 5 aliphatic carbocycles. The Bertz CT molecular complexity index is 4870. The normalized spacial score (nSPS) is 15.1. The highest BCUT2D eigenvalue weighted by Gasteiger charge is 2.33. The maximum absolute atomic E-state index is 12.8. The van der Waals surface area contributed by atoms with Gasteiger partial charge in [-0.2, -0.15) is 25.7 Å². The van der Waals surface area contributed by atoms with Gasteiger partial charge in [0.2, 0.25) is 0 Å². The number of carbonyl (C=O) groups is 2. The molecule has 107 heavy (non-hydrogen) atoms. The summed E-state index contributed by atoms with van der Waals surface area (Å²) in [6.45, 7) is 8.71. The minimum Gasteiger partial charge on any atom is -0.494 e. The Hall–Kier alpha value is -11.4. The molecular formula is C81H88N17O8P. The number of aromatic nitrogens is 9. The minimum absolute atomic E-state index is 0.168. The fourth-order valence-corrected chi connectivity index (χ4v) is 15.7. The van der Waals surface area contributed by atoms with Crippen LogP contribution in [0.15, 0.2) is 152 Å². The van der Waals surface area contributed by atoms with Crippen molar-refractivity contribution in [2.24, 2.45) is 0 Å². The van der Waals surface area contributed by atoms with Crippen LogP contribution in [0.25, 0.3) is 66.5 Å². The van der Waals surface area contributed by atoms with E-state index < -0.39 is 7.75 Å². The molecule has 6 aromatic carbocycles. The number of hydrogen-bond acceptors (Lipinski definition) is 15. The lowest BCUT2D eigenvalue weighted by molar-refractivity contribution is 0.225. The highest BCUT2D eigenvalue weighted by atomic mass is 31.2. The summed E-state index contributed by atoms with van der Waals surface area (Å²) in [5, 5.41) is 63.8. The van der Waals surface area contributed by atoms with Crippen LogP contribution in [0.5, 0.6) is 17.2 Å². The second-order valence-corrected chi connectivity index (χ2v) is 29.2. The van der Waals surface area contributed by atoms with Gasteiger partial charge >= 0.3 is 19.8 Å².